The number of rotatable bonds is 0. The predicted molar refractivity (Wildman–Crippen MR) is 217 cm³/mol. The van der Waals surface area contributed by atoms with Crippen LogP contribution in [-0.4, -0.2) is 39.5 Å². The molecule has 7 rings (SSSR count). The van der Waals surface area contributed by atoms with Crippen molar-refractivity contribution in [3.8, 4) is 0 Å². The molecule has 6 aromatic rings. The highest BCUT2D eigenvalue weighted by molar-refractivity contribution is 7.50. The van der Waals surface area contributed by atoms with Crippen molar-refractivity contribution in [2.45, 2.75) is 105 Å². The van der Waals surface area contributed by atoms with Crippen LogP contribution in [0, 0.1) is 0 Å². The van der Waals surface area contributed by atoms with Crippen LogP contribution in [0.15, 0.2) is 72.8 Å². The Morgan fingerprint density at radius 3 is 0.717 bits per heavy atom. The first-order chi connectivity index (χ1) is 21.1. The molecule has 0 radical (unpaired) electrons. The van der Waals surface area contributed by atoms with Crippen LogP contribution in [0.3, 0.4) is 0 Å². The minimum Gasteiger partial charge on any atom is -0.335 e. The Kier molecular flexibility index (Phi) is 6.59. The maximum Gasteiger partial charge on any atom is 0.0791 e. The Morgan fingerprint density at radius 1 is 0.348 bits per heavy atom. The molecule has 0 N–H and O–H groups in total. The average molecular weight is 675 g/mol. The second-order valence-corrected chi connectivity index (χ2v) is 48.7. The first-order valence-electron chi connectivity index (χ1n) is 17.3. The highest BCUT2D eigenvalue weighted by atomic mass is 29.3. The molecule has 6 heteroatoms. The Morgan fingerprint density at radius 2 is 0.543 bits per heavy atom. The second-order valence-electron chi connectivity index (χ2n) is 18.4. The van der Waals surface area contributed by atoms with Crippen molar-refractivity contribution in [2.75, 3.05) is 0 Å². The van der Waals surface area contributed by atoms with Crippen LogP contribution < -0.4 is 20.7 Å². The molecule has 0 saturated heterocycles. The second kappa shape index (κ2) is 9.49. The highest BCUT2D eigenvalue weighted by Gasteiger charge is 2.46. The quantitative estimate of drug-likeness (QED) is 0.142. The lowest BCUT2D eigenvalue weighted by Gasteiger charge is -2.40. The molecule has 2 aromatic heterocycles. The van der Waals surface area contributed by atoms with Crippen molar-refractivity contribution < 1.29 is 0 Å². The van der Waals surface area contributed by atoms with E-state index < -0.39 is 30.4 Å². The van der Waals surface area contributed by atoms with E-state index in [-0.39, 0.29) is 11.1 Å². The summed E-state index contributed by atoms with van der Waals surface area (Å²) in [6.45, 7) is 35.4. The first-order valence-corrected chi connectivity index (χ1v) is 31.3. The van der Waals surface area contributed by atoms with Crippen LogP contribution in [0.5, 0.6) is 0 Å². The third-order valence-corrected chi connectivity index (χ3v) is 48.4. The van der Waals surface area contributed by atoms with Crippen molar-refractivity contribution in [1.29, 1.82) is 0 Å². The van der Waals surface area contributed by atoms with E-state index in [2.05, 4.69) is 176 Å². The maximum absolute atomic E-state index is 2.66. The molecule has 0 aliphatic carbocycles. The summed E-state index contributed by atoms with van der Waals surface area (Å²) in [5.41, 5.74) is 5.51. The fourth-order valence-electron chi connectivity index (χ4n) is 8.49. The zero-order valence-corrected chi connectivity index (χ0v) is 34.8. The Hall–Kier alpha value is -2.65. The SMILES string of the molecule is CC(C)(C)n1c2ccc3cc2c2cc(ccc21)[Si](C)(C)[Si](C)(C)c1ccc2c(c1)c1cc(ccc1n2C(C)(C)C)[Si](C)(C)[Si]3(C)C. The van der Waals surface area contributed by atoms with Crippen molar-refractivity contribution in [1.82, 2.24) is 9.13 Å². The van der Waals surface area contributed by atoms with Gasteiger partial charge in [-0.2, -0.15) is 0 Å². The number of aromatic nitrogens is 2. The lowest BCUT2D eigenvalue weighted by molar-refractivity contribution is 0.423. The van der Waals surface area contributed by atoms with Gasteiger partial charge in [0.15, 0.2) is 0 Å². The third-order valence-electron chi connectivity index (χ3n) is 12.9. The Balaban J connectivity index is 1.66. The number of hydrogen-bond donors (Lipinski definition) is 0. The Bertz CT molecular complexity index is 1930. The van der Waals surface area contributed by atoms with E-state index in [4.69, 9.17) is 0 Å². The van der Waals surface area contributed by atoms with Crippen LogP contribution in [0.4, 0.5) is 0 Å². The number of hydrogen-bond acceptors (Lipinski definition) is 0. The van der Waals surface area contributed by atoms with E-state index in [0.717, 1.165) is 0 Å². The summed E-state index contributed by atoms with van der Waals surface area (Å²) in [6, 6.07) is 30.5. The Labute approximate surface area is 280 Å². The molecule has 3 heterocycles. The highest BCUT2D eigenvalue weighted by Crippen LogP contribution is 2.37. The lowest BCUT2D eigenvalue weighted by Crippen LogP contribution is -2.69. The molecule has 0 amide bonds. The van der Waals surface area contributed by atoms with E-state index in [1.54, 1.807) is 20.7 Å². The van der Waals surface area contributed by atoms with E-state index >= 15 is 0 Å². The molecule has 2 nitrogen and oxygen atoms in total. The van der Waals surface area contributed by atoms with Gasteiger partial charge >= 0.3 is 0 Å². The molecule has 0 saturated carbocycles. The van der Waals surface area contributed by atoms with Crippen LogP contribution in [-0.2, 0) is 11.1 Å². The molecule has 0 fully saturated rings. The van der Waals surface area contributed by atoms with Crippen LogP contribution in [0.1, 0.15) is 41.5 Å². The molecule has 0 atom stereocenters. The predicted octanol–water partition coefficient (Wildman–Crippen LogP) is 8.94. The summed E-state index contributed by atoms with van der Waals surface area (Å²) in [4.78, 5) is 0. The molecule has 8 bridgehead atoms. The van der Waals surface area contributed by atoms with Gasteiger partial charge in [-0.3, -0.25) is 0 Å². The number of nitrogens with zero attached hydrogens (tertiary/aromatic N) is 2. The van der Waals surface area contributed by atoms with Crippen molar-refractivity contribution in [3.05, 3.63) is 72.8 Å². The molecule has 0 spiro atoms. The zero-order chi connectivity index (χ0) is 33.6. The van der Waals surface area contributed by atoms with E-state index in [9.17, 15) is 0 Å². The number of fused-ring (bicyclic) bond motifs is 4. The van der Waals surface area contributed by atoms with Gasteiger partial charge in [0.25, 0.3) is 0 Å². The van der Waals surface area contributed by atoms with Crippen molar-refractivity contribution >= 4 is 94.7 Å². The molecule has 4 aromatic carbocycles. The van der Waals surface area contributed by atoms with Gasteiger partial charge in [-0.25, -0.2) is 0 Å². The first kappa shape index (κ1) is 31.9. The molecule has 0 unspecified atom stereocenters. The van der Waals surface area contributed by atoms with Crippen LogP contribution in [0.25, 0.3) is 43.6 Å². The topological polar surface area (TPSA) is 9.86 Å². The van der Waals surface area contributed by atoms with Crippen LogP contribution in [0.2, 0.25) is 52.4 Å². The standard InChI is InChI=1S/C40H54N2Si4/c1-39(2,3)41-35-19-15-27-23-31(35)32-24-28(16-20-36(32)41)44(9,10)46(13,14)30-18-22-38-34(26-30)33-25-29(45(11,12)43(27,7)8)17-21-37(33)42(38)40(4,5)6/h15-26H,1-14H3. The minimum absolute atomic E-state index is 0.00525. The van der Waals surface area contributed by atoms with Gasteiger partial charge in [-0.15, -0.1) is 0 Å². The number of benzene rings is 4. The summed E-state index contributed by atoms with van der Waals surface area (Å²) in [5.74, 6) is 0. The van der Waals surface area contributed by atoms with E-state index in [1.165, 1.54) is 43.6 Å². The van der Waals surface area contributed by atoms with Crippen LogP contribution >= 0.6 is 0 Å². The van der Waals surface area contributed by atoms with Gasteiger partial charge in [0, 0.05) is 54.7 Å². The van der Waals surface area contributed by atoms with Gasteiger partial charge in [-0.1, -0.05) is 122 Å². The summed E-state index contributed by atoms with van der Waals surface area (Å²) < 4.78 is 5.22. The smallest absolute Gasteiger partial charge is 0.0791 e. The van der Waals surface area contributed by atoms with E-state index in [1.807, 2.05) is 0 Å². The molecule has 1 aliphatic heterocycles. The van der Waals surface area contributed by atoms with Gasteiger partial charge in [-0.05, 0) is 65.8 Å². The van der Waals surface area contributed by atoms with Crippen molar-refractivity contribution in [2.24, 2.45) is 0 Å². The van der Waals surface area contributed by atoms with Gasteiger partial charge in [0.05, 0.1) is 30.4 Å². The molecule has 240 valence electrons. The fraction of sp³-hybridized carbons (Fsp3) is 0.400. The summed E-state index contributed by atoms with van der Waals surface area (Å²) >= 11 is 0. The van der Waals surface area contributed by atoms with Gasteiger partial charge in [0.2, 0.25) is 0 Å². The monoisotopic (exact) mass is 674 g/mol. The molecule has 1 aliphatic rings. The zero-order valence-electron chi connectivity index (χ0n) is 30.8. The van der Waals surface area contributed by atoms with Gasteiger partial charge in [0.1, 0.15) is 0 Å². The largest absolute Gasteiger partial charge is 0.335 e. The van der Waals surface area contributed by atoms with E-state index in [0.29, 0.717) is 0 Å². The minimum atomic E-state index is -1.90. The maximum atomic E-state index is 2.66. The molecular weight excluding hydrogens is 621 g/mol. The molecule has 46 heavy (non-hydrogen) atoms. The summed E-state index contributed by atoms with van der Waals surface area (Å²) in [5, 5.41) is 12.2. The fourth-order valence-corrected chi connectivity index (χ4v) is 25.9. The third kappa shape index (κ3) is 4.15. The normalized spacial score (nSPS) is 18.9. The summed E-state index contributed by atoms with van der Waals surface area (Å²) in [7, 11) is -7.59. The average Bonchev–Trinajstić information content (AvgIpc) is 3.47. The van der Waals surface area contributed by atoms with Crippen molar-refractivity contribution in [3.63, 3.8) is 0 Å². The lowest BCUT2D eigenvalue weighted by atomic mass is 10.1. The summed E-state index contributed by atoms with van der Waals surface area (Å²) in [6.07, 6.45) is 0. The van der Waals surface area contributed by atoms with Gasteiger partial charge < -0.3 is 9.13 Å². The molecular formula is C40H54N2Si4.